The van der Waals surface area contributed by atoms with Crippen molar-refractivity contribution in [1.29, 1.82) is 0 Å². The third-order valence-corrected chi connectivity index (χ3v) is 4.63. The van der Waals surface area contributed by atoms with Gasteiger partial charge in [-0.05, 0) is 56.9 Å². The zero-order valence-corrected chi connectivity index (χ0v) is 14.5. The van der Waals surface area contributed by atoms with Gasteiger partial charge in [0.2, 0.25) is 0 Å². The molecule has 0 amide bonds. The molecule has 0 saturated carbocycles. The summed E-state index contributed by atoms with van der Waals surface area (Å²) in [6.07, 6.45) is 2.54. The van der Waals surface area contributed by atoms with E-state index in [4.69, 9.17) is 4.74 Å². The number of hydrogen-bond acceptors (Lipinski definition) is 2. The van der Waals surface area contributed by atoms with E-state index in [-0.39, 0.29) is 5.54 Å². The van der Waals surface area contributed by atoms with Gasteiger partial charge < -0.3 is 4.74 Å². The van der Waals surface area contributed by atoms with Crippen molar-refractivity contribution >= 4 is 0 Å². The lowest BCUT2D eigenvalue weighted by Gasteiger charge is -2.40. The van der Waals surface area contributed by atoms with E-state index in [1.807, 2.05) is 6.07 Å². The van der Waals surface area contributed by atoms with Crippen molar-refractivity contribution in [2.75, 3.05) is 13.1 Å². The van der Waals surface area contributed by atoms with Gasteiger partial charge in [0.1, 0.15) is 11.9 Å². The third-order valence-electron chi connectivity index (χ3n) is 4.63. The first-order valence-corrected chi connectivity index (χ1v) is 8.59. The number of piperidine rings is 1. The maximum absolute atomic E-state index is 6.25. The zero-order valence-electron chi connectivity index (χ0n) is 14.5. The van der Waals surface area contributed by atoms with Crippen LogP contribution in [0.25, 0.3) is 11.1 Å². The molecular weight excluding hydrogens is 282 g/mol. The minimum absolute atomic E-state index is 0.262. The molecule has 0 aromatic heterocycles. The van der Waals surface area contributed by atoms with E-state index in [2.05, 4.69) is 74.2 Å². The molecule has 0 bridgehead atoms. The van der Waals surface area contributed by atoms with E-state index in [9.17, 15) is 0 Å². The summed E-state index contributed by atoms with van der Waals surface area (Å²) in [5.74, 6) is 0.987. The highest BCUT2D eigenvalue weighted by atomic mass is 16.5. The smallest absolute Gasteiger partial charge is 0.120 e. The predicted octanol–water partition coefficient (Wildman–Crippen LogP) is 5.00. The SMILES string of the molecule is CC(C)(C)N1CCC(Oc2cccc(-c3ccccc3)c2)CC1. The average Bonchev–Trinajstić information content (AvgIpc) is 2.56. The van der Waals surface area contributed by atoms with Gasteiger partial charge in [0.15, 0.2) is 0 Å². The van der Waals surface area contributed by atoms with Crippen LogP contribution in [0, 0.1) is 0 Å². The summed E-state index contributed by atoms with van der Waals surface area (Å²) in [6, 6.07) is 18.9. The van der Waals surface area contributed by atoms with Gasteiger partial charge in [-0.3, -0.25) is 4.90 Å². The lowest BCUT2D eigenvalue weighted by molar-refractivity contribution is 0.0492. The molecule has 0 atom stereocenters. The fourth-order valence-electron chi connectivity index (χ4n) is 3.22. The fraction of sp³-hybridized carbons (Fsp3) is 0.429. The monoisotopic (exact) mass is 309 g/mol. The van der Waals surface area contributed by atoms with Crippen molar-refractivity contribution in [3.8, 4) is 16.9 Å². The lowest BCUT2D eigenvalue weighted by atomic mass is 9.99. The Hall–Kier alpha value is -1.80. The zero-order chi connectivity index (χ0) is 16.3. The van der Waals surface area contributed by atoms with Crippen LogP contribution in [0.15, 0.2) is 54.6 Å². The number of hydrogen-bond donors (Lipinski definition) is 0. The van der Waals surface area contributed by atoms with Crippen LogP contribution in [0.4, 0.5) is 0 Å². The minimum atomic E-state index is 0.262. The van der Waals surface area contributed by atoms with Gasteiger partial charge >= 0.3 is 0 Å². The molecule has 0 N–H and O–H groups in total. The van der Waals surface area contributed by atoms with Crippen molar-refractivity contribution in [3.63, 3.8) is 0 Å². The van der Waals surface area contributed by atoms with E-state index in [0.29, 0.717) is 6.10 Å². The minimum Gasteiger partial charge on any atom is -0.490 e. The van der Waals surface area contributed by atoms with Crippen molar-refractivity contribution < 1.29 is 4.74 Å². The van der Waals surface area contributed by atoms with Gasteiger partial charge in [0.05, 0.1) is 0 Å². The van der Waals surface area contributed by atoms with Crippen LogP contribution in [-0.2, 0) is 0 Å². The summed E-state index contributed by atoms with van der Waals surface area (Å²) >= 11 is 0. The second-order valence-corrected chi connectivity index (χ2v) is 7.37. The van der Waals surface area contributed by atoms with Gasteiger partial charge in [-0.2, -0.15) is 0 Å². The molecular formula is C21H27NO. The van der Waals surface area contributed by atoms with Crippen molar-refractivity contribution in [2.24, 2.45) is 0 Å². The van der Waals surface area contributed by atoms with Crippen LogP contribution >= 0.6 is 0 Å². The molecule has 23 heavy (non-hydrogen) atoms. The fourth-order valence-corrected chi connectivity index (χ4v) is 3.22. The number of benzene rings is 2. The van der Waals surface area contributed by atoms with Crippen molar-refractivity contribution in [3.05, 3.63) is 54.6 Å². The normalized spacial score (nSPS) is 17.2. The van der Waals surface area contributed by atoms with Crippen LogP contribution in [-0.4, -0.2) is 29.6 Å². The van der Waals surface area contributed by atoms with E-state index in [0.717, 1.165) is 31.7 Å². The highest BCUT2D eigenvalue weighted by Gasteiger charge is 2.27. The second-order valence-electron chi connectivity index (χ2n) is 7.37. The number of ether oxygens (including phenoxy) is 1. The maximum Gasteiger partial charge on any atom is 0.120 e. The van der Waals surface area contributed by atoms with Crippen LogP contribution in [0.5, 0.6) is 5.75 Å². The van der Waals surface area contributed by atoms with Crippen molar-refractivity contribution in [2.45, 2.75) is 45.3 Å². The third kappa shape index (κ3) is 4.14. The summed E-state index contributed by atoms with van der Waals surface area (Å²) in [7, 11) is 0. The molecule has 2 aromatic rings. The Morgan fingerprint density at radius 1 is 0.870 bits per heavy atom. The van der Waals surface area contributed by atoms with Crippen LogP contribution in [0.2, 0.25) is 0 Å². The van der Waals surface area contributed by atoms with Crippen LogP contribution in [0.1, 0.15) is 33.6 Å². The van der Waals surface area contributed by atoms with Gasteiger partial charge in [0, 0.05) is 18.6 Å². The topological polar surface area (TPSA) is 12.5 Å². The Morgan fingerprint density at radius 2 is 1.52 bits per heavy atom. The number of rotatable bonds is 3. The molecule has 1 saturated heterocycles. The molecule has 3 rings (SSSR count). The first-order valence-electron chi connectivity index (χ1n) is 8.59. The van der Waals surface area contributed by atoms with E-state index in [1.54, 1.807) is 0 Å². The molecule has 2 nitrogen and oxygen atoms in total. The predicted molar refractivity (Wildman–Crippen MR) is 96.9 cm³/mol. The second kappa shape index (κ2) is 6.76. The maximum atomic E-state index is 6.25. The summed E-state index contributed by atoms with van der Waals surface area (Å²) in [5, 5.41) is 0. The van der Waals surface area contributed by atoms with Gasteiger partial charge in [-0.25, -0.2) is 0 Å². The van der Waals surface area contributed by atoms with Crippen molar-refractivity contribution in [1.82, 2.24) is 4.90 Å². The molecule has 122 valence electrons. The highest BCUT2D eigenvalue weighted by molar-refractivity contribution is 5.64. The lowest BCUT2D eigenvalue weighted by Crippen LogP contribution is -2.48. The quantitative estimate of drug-likeness (QED) is 0.791. The molecule has 2 aromatic carbocycles. The first-order chi connectivity index (χ1) is 11.0. The summed E-state index contributed by atoms with van der Waals surface area (Å²) < 4.78 is 6.25. The Kier molecular flexibility index (Phi) is 4.72. The molecule has 0 spiro atoms. The van der Waals surface area contributed by atoms with Gasteiger partial charge in [-0.15, -0.1) is 0 Å². The Bertz CT molecular complexity index is 622. The molecule has 1 heterocycles. The summed E-state index contributed by atoms with van der Waals surface area (Å²) in [6.45, 7) is 9.10. The Morgan fingerprint density at radius 3 is 2.17 bits per heavy atom. The summed E-state index contributed by atoms with van der Waals surface area (Å²) in [4.78, 5) is 2.55. The number of nitrogens with zero attached hydrogens (tertiary/aromatic N) is 1. The molecule has 0 aliphatic carbocycles. The van der Waals surface area contributed by atoms with Crippen LogP contribution in [0.3, 0.4) is 0 Å². The molecule has 1 fully saturated rings. The molecule has 1 aliphatic heterocycles. The average molecular weight is 309 g/mol. The molecule has 0 unspecified atom stereocenters. The highest BCUT2D eigenvalue weighted by Crippen LogP contribution is 2.27. The Balaban J connectivity index is 1.64. The largest absolute Gasteiger partial charge is 0.490 e. The van der Waals surface area contributed by atoms with Gasteiger partial charge in [-0.1, -0.05) is 42.5 Å². The standard InChI is InChI=1S/C21H27NO/c1-21(2,3)22-14-12-19(13-15-22)23-20-11-7-10-18(16-20)17-8-5-4-6-9-17/h4-11,16,19H,12-15H2,1-3H3. The Labute approximate surface area is 140 Å². The molecule has 1 aliphatic rings. The number of likely N-dealkylation sites (tertiary alicyclic amines) is 1. The molecule has 2 heteroatoms. The van der Waals surface area contributed by atoms with Gasteiger partial charge in [0.25, 0.3) is 0 Å². The summed E-state index contributed by atoms with van der Waals surface area (Å²) in [5.41, 5.74) is 2.72. The van der Waals surface area contributed by atoms with E-state index < -0.39 is 0 Å². The first kappa shape index (κ1) is 16.1. The van der Waals surface area contributed by atoms with E-state index >= 15 is 0 Å². The van der Waals surface area contributed by atoms with E-state index in [1.165, 1.54) is 11.1 Å². The molecule has 0 radical (unpaired) electrons. The van der Waals surface area contributed by atoms with Crippen LogP contribution < -0.4 is 4.74 Å².